The summed E-state index contributed by atoms with van der Waals surface area (Å²) in [7, 11) is 3.54. The molecule has 0 bridgehead atoms. The molecular formula is C23H29ClN4O2. The van der Waals surface area contributed by atoms with Crippen LogP contribution >= 0.6 is 11.6 Å². The average Bonchev–Trinajstić information content (AvgIpc) is 2.73. The van der Waals surface area contributed by atoms with Crippen LogP contribution in [0.15, 0.2) is 48.5 Å². The van der Waals surface area contributed by atoms with Crippen LogP contribution in [0.2, 0.25) is 5.02 Å². The molecule has 0 radical (unpaired) electrons. The summed E-state index contributed by atoms with van der Waals surface area (Å²) in [5, 5.41) is 3.65. The van der Waals surface area contributed by atoms with Gasteiger partial charge in [-0.1, -0.05) is 48.0 Å². The van der Waals surface area contributed by atoms with Crippen molar-refractivity contribution in [3.05, 3.63) is 64.7 Å². The van der Waals surface area contributed by atoms with E-state index in [0.29, 0.717) is 30.3 Å². The lowest BCUT2D eigenvalue weighted by Gasteiger charge is -2.38. The summed E-state index contributed by atoms with van der Waals surface area (Å²) in [5.41, 5.74) is 2.61. The Kier molecular flexibility index (Phi) is 7.48. The Morgan fingerprint density at radius 1 is 1.07 bits per heavy atom. The fourth-order valence-corrected chi connectivity index (χ4v) is 3.74. The Morgan fingerprint density at radius 2 is 1.73 bits per heavy atom. The number of carbonyl (C=O) groups is 2. The molecule has 0 aliphatic carbocycles. The zero-order chi connectivity index (χ0) is 21.7. The van der Waals surface area contributed by atoms with Crippen molar-refractivity contribution in [2.24, 2.45) is 0 Å². The Bertz CT molecular complexity index is 880. The molecule has 1 atom stereocenters. The third kappa shape index (κ3) is 5.59. The number of nitrogens with one attached hydrogen (secondary N) is 1. The highest BCUT2D eigenvalue weighted by Gasteiger charge is 2.31. The minimum absolute atomic E-state index is 0.0843. The minimum atomic E-state index is -0.405. The number of carbonyl (C=O) groups excluding carboxylic acids is 2. The lowest BCUT2D eigenvalue weighted by molar-refractivity contribution is -0.131. The van der Waals surface area contributed by atoms with Gasteiger partial charge in [0.1, 0.15) is 6.04 Å². The largest absolute Gasteiger partial charge is 0.348 e. The fraction of sp³-hybridized carbons (Fsp3) is 0.391. The first-order valence-corrected chi connectivity index (χ1v) is 10.5. The molecule has 30 heavy (non-hydrogen) atoms. The first kappa shape index (κ1) is 22.3. The SMILES string of the molecule is Cc1ccc(NC(=O)C(c2ccccc2)N2CCN(CC(=O)N(C)C)CC2)cc1Cl. The third-order valence-corrected chi connectivity index (χ3v) is 5.84. The fourth-order valence-electron chi connectivity index (χ4n) is 3.56. The zero-order valence-electron chi connectivity index (χ0n) is 17.8. The molecule has 6 nitrogen and oxygen atoms in total. The summed E-state index contributed by atoms with van der Waals surface area (Å²) in [6.45, 7) is 5.25. The van der Waals surface area contributed by atoms with Crippen molar-refractivity contribution in [2.75, 3.05) is 52.1 Å². The first-order chi connectivity index (χ1) is 14.3. The second-order valence-corrected chi connectivity index (χ2v) is 8.27. The predicted molar refractivity (Wildman–Crippen MR) is 121 cm³/mol. The van der Waals surface area contributed by atoms with Gasteiger partial charge in [0.2, 0.25) is 11.8 Å². The van der Waals surface area contributed by atoms with E-state index >= 15 is 0 Å². The normalized spacial score (nSPS) is 16.1. The number of amides is 2. The lowest BCUT2D eigenvalue weighted by Crippen LogP contribution is -2.52. The second kappa shape index (κ2) is 10.1. The molecule has 1 aliphatic rings. The van der Waals surface area contributed by atoms with E-state index in [2.05, 4.69) is 15.1 Å². The van der Waals surface area contributed by atoms with E-state index in [4.69, 9.17) is 11.6 Å². The van der Waals surface area contributed by atoms with Crippen LogP contribution in [0.4, 0.5) is 5.69 Å². The van der Waals surface area contributed by atoms with Gasteiger partial charge in [0.15, 0.2) is 0 Å². The summed E-state index contributed by atoms with van der Waals surface area (Å²) in [6, 6.07) is 14.9. The molecule has 0 spiro atoms. The predicted octanol–water partition coefficient (Wildman–Crippen LogP) is 3.03. The highest BCUT2D eigenvalue weighted by Crippen LogP contribution is 2.26. The Balaban J connectivity index is 1.73. The molecule has 1 saturated heterocycles. The molecule has 7 heteroatoms. The molecule has 2 aromatic carbocycles. The second-order valence-electron chi connectivity index (χ2n) is 7.87. The molecule has 0 saturated carbocycles. The van der Waals surface area contributed by atoms with E-state index in [1.165, 1.54) is 0 Å². The molecule has 160 valence electrons. The minimum Gasteiger partial charge on any atom is -0.348 e. The number of nitrogens with zero attached hydrogens (tertiary/aromatic N) is 3. The standard InChI is InChI=1S/C23H29ClN4O2/c1-17-9-10-19(15-20(17)24)25-23(30)22(18-7-5-4-6-8-18)28-13-11-27(12-14-28)16-21(29)26(2)3/h4-10,15,22H,11-14,16H2,1-3H3,(H,25,30). The van der Waals surface area contributed by atoms with Crippen LogP contribution in [0.5, 0.6) is 0 Å². The van der Waals surface area contributed by atoms with Gasteiger partial charge in [0, 0.05) is 51.0 Å². The van der Waals surface area contributed by atoms with Gasteiger partial charge in [-0.2, -0.15) is 0 Å². The lowest BCUT2D eigenvalue weighted by atomic mass is 10.0. The topological polar surface area (TPSA) is 55.9 Å². The number of piperazine rings is 1. The van der Waals surface area contributed by atoms with E-state index < -0.39 is 6.04 Å². The van der Waals surface area contributed by atoms with Gasteiger partial charge in [-0.05, 0) is 30.2 Å². The van der Waals surface area contributed by atoms with E-state index in [-0.39, 0.29) is 11.8 Å². The summed E-state index contributed by atoms with van der Waals surface area (Å²) in [5.74, 6) is 0.0102. The van der Waals surface area contributed by atoms with E-state index in [9.17, 15) is 9.59 Å². The number of likely N-dealkylation sites (N-methyl/N-ethyl adjacent to an activating group) is 1. The van der Waals surface area contributed by atoms with Gasteiger partial charge < -0.3 is 10.2 Å². The van der Waals surface area contributed by atoms with Crippen molar-refractivity contribution < 1.29 is 9.59 Å². The smallest absolute Gasteiger partial charge is 0.246 e. The van der Waals surface area contributed by atoms with E-state index in [1.54, 1.807) is 25.1 Å². The van der Waals surface area contributed by atoms with Crippen LogP contribution < -0.4 is 5.32 Å². The number of anilines is 1. The first-order valence-electron chi connectivity index (χ1n) is 10.1. The Labute approximate surface area is 183 Å². The molecule has 1 heterocycles. The van der Waals surface area contributed by atoms with Crippen molar-refractivity contribution in [2.45, 2.75) is 13.0 Å². The number of halogens is 1. The molecule has 1 fully saturated rings. The summed E-state index contributed by atoms with van der Waals surface area (Å²) in [6.07, 6.45) is 0. The molecule has 2 aromatic rings. The van der Waals surface area contributed by atoms with E-state index in [1.807, 2.05) is 49.4 Å². The van der Waals surface area contributed by atoms with Crippen molar-refractivity contribution in [3.8, 4) is 0 Å². The van der Waals surface area contributed by atoms with Gasteiger partial charge in [-0.15, -0.1) is 0 Å². The molecule has 1 unspecified atom stereocenters. The number of hydrogen-bond acceptors (Lipinski definition) is 4. The van der Waals surface area contributed by atoms with Crippen molar-refractivity contribution in [1.82, 2.24) is 14.7 Å². The van der Waals surface area contributed by atoms with Crippen molar-refractivity contribution in [1.29, 1.82) is 0 Å². The van der Waals surface area contributed by atoms with Gasteiger partial charge >= 0.3 is 0 Å². The summed E-state index contributed by atoms with van der Waals surface area (Å²) < 4.78 is 0. The van der Waals surface area contributed by atoms with Crippen molar-refractivity contribution in [3.63, 3.8) is 0 Å². The van der Waals surface area contributed by atoms with Crippen LogP contribution in [0.1, 0.15) is 17.2 Å². The maximum absolute atomic E-state index is 13.3. The monoisotopic (exact) mass is 428 g/mol. The zero-order valence-corrected chi connectivity index (χ0v) is 18.5. The van der Waals surface area contributed by atoms with Crippen molar-refractivity contribution >= 4 is 29.1 Å². The Hall–Kier alpha value is -2.41. The number of rotatable bonds is 6. The third-order valence-electron chi connectivity index (χ3n) is 5.43. The number of benzene rings is 2. The highest BCUT2D eigenvalue weighted by atomic mass is 35.5. The van der Waals surface area contributed by atoms with Gasteiger partial charge in [-0.3, -0.25) is 19.4 Å². The molecule has 1 aliphatic heterocycles. The van der Waals surface area contributed by atoms with Gasteiger partial charge in [-0.25, -0.2) is 0 Å². The maximum Gasteiger partial charge on any atom is 0.246 e. The molecule has 1 N–H and O–H groups in total. The van der Waals surface area contributed by atoms with Crippen LogP contribution in [0.25, 0.3) is 0 Å². The maximum atomic E-state index is 13.3. The summed E-state index contributed by atoms with van der Waals surface area (Å²) >= 11 is 6.22. The van der Waals surface area contributed by atoms with Crippen LogP contribution in [0.3, 0.4) is 0 Å². The average molecular weight is 429 g/mol. The molecular weight excluding hydrogens is 400 g/mol. The Morgan fingerprint density at radius 3 is 2.33 bits per heavy atom. The van der Waals surface area contributed by atoms with Crippen LogP contribution in [-0.2, 0) is 9.59 Å². The summed E-state index contributed by atoms with van der Waals surface area (Å²) in [4.78, 5) is 31.2. The van der Waals surface area contributed by atoms with Gasteiger partial charge in [0.25, 0.3) is 0 Å². The molecule has 0 aromatic heterocycles. The molecule has 3 rings (SSSR count). The highest BCUT2D eigenvalue weighted by molar-refractivity contribution is 6.31. The number of hydrogen-bond donors (Lipinski definition) is 1. The van der Waals surface area contributed by atoms with E-state index in [0.717, 1.165) is 24.2 Å². The quantitative estimate of drug-likeness (QED) is 0.768. The van der Waals surface area contributed by atoms with Crippen LogP contribution in [0, 0.1) is 6.92 Å². The van der Waals surface area contributed by atoms with Gasteiger partial charge in [0.05, 0.1) is 6.54 Å². The number of aryl methyl sites for hydroxylation is 1. The molecule has 2 amide bonds. The van der Waals surface area contributed by atoms with Crippen LogP contribution in [-0.4, -0.2) is 73.3 Å².